The predicted octanol–water partition coefficient (Wildman–Crippen LogP) is 4.63. The lowest BCUT2D eigenvalue weighted by Crippen LogP contribution is -2.51. The van der Waals surface area contributed by atoms with Gasteiger partial charge in [-0.25, -0.2) is 10.6 Å². The molecule has 0 unspecified atom stereocenters. The molecule has 0 radical (unpaired) electrons. The van der Waals surface area contributed by atoms with Crippen LogP contribution in [0.4, 0.5) is 0 Å². The topological polar surface area (TPSA) is 103 Å². The number of methoxy groups -OCH3 is 1. The molecule has 0 bridgehead atoms. The van der Waals surface area contributed by atoms with E-state index in [1.165, 1.54) is 52.1 Å². The summed E-state index contributed by atoms with van der Waals surface area (Å²) in [5.41, 5.74) is 9.79. The maximum absolute atomic E-state index is 11.8. The molecule has 4 aliphatic carbocycles. The van der Waals surface area contributed by atoms with Gasteiger partial charge in [0.15, 0.2) is 0 Å². The maximum atomic E-state index is 11.8. The first-order valence-corrected chi connectivity index (χ1v) is 15.7. The van der Waals surface area contributed by atoms with E-state index in [1.54, 1.807) is 22.4 Å². The van der Waals surface area contributed by atoms with Crippen molar-refractivity contribution in [2.24, 2.45) is 52.5 Å². The molecule has 5 fully saturated rings. The maximum Gasteiger partial charge on any atom is 0.355 e. The zero-order valence-corrected chi connectivity index (χ0v) is 24.9. The normalized spacial score (nSPS) is 47.6. The SMILES string of the molecule is COC(=O)/C(N)=C/N(N)[C@H]1CC[C@@]2(C)[C@H](CC[C@H]3[C@@H]4CC[C@@]5(CC(C)=C4C[C@@H]32)O[C@@H]2C[C@H](C)CN[C@H]2[C@H]5C)C1. The predicted molar refractivity (Wildman–Crippen MR) is 153 cm³/mol. The molecule has 218 valence electrons. The summed E-state index contributed by atoms with van der Waals surface area (Å²) in [6.07, 6.45) is 14.0. The number of nitrogens with two attached hydrogens (primary N) is 2. The molecular weight excluding hydrogens is 488 g/mol. The van der Waals surface area contributed by atoms with E-state index >= 15 is 0 Å². The van der Waals surface area contributed by atoms with Crippen LogP contribution in [-0.2, 0) is 14.3 Å². The molecule has 39 heavy (non-hydrogen) atoms. The fraction of sp³-hybridized carbons (Fsp3) is 0.844. The summed E-state index contributed by atoms with van der Waals surface area (Å²) in [4.78, 5) is 11.8. The van der Waals surface area contributed by atoms with Crippen LogP contribution in [-0.4, -0.2) is 48.4 Å². The monoisotopic (exact) mass is 540 g/mol. The summed E-state index contributed by atoms with van der Waals surface area (Å²) in [6.45, 7) is 11.0. The van der Waals surface area contributed by atoms with Crippen LogP contribution in [0, 0.1) is 40.9 Å². The van der Waals surface area contributed by atoms with E-state index < -0.39 is 5.97 Å². The number of hydrogen-bond donors (Lipinski definition) is 3. The van der Waals surface area contributed by atoms with E-state index in [-0.39, 0.29) is 17.3 Å². The molecule has 0 amide bonds. The van der Waals surface area contributed by atoms with Crippen molar-refractivity contribution < 1.29 is 14.3 Å². The zero-order valence-electron chi connectivity index (χ0n) is 24.9. The van der Waals surface area contributed by atoms with E-state index in [0.717, 1.165) is 43.6 Å². The Morgan fingerprint density at radius 3 is 2.74 bits per heavy atom. The number of nitrogens with zero attached hydrogens (tertiary/aromatic N) is 1. The summed E-state index contributed by atoms with van der Waals surface area (Å²) in [7, 11) is 1.35. The lowest BCUT2D eigenvalue weighted by Gasteiger charge is -2.55. The minimum absolute atomic E-state index is 0.0205. The van der Waals surface area contributed by atoms with E-state index in [4.69, 9.17) is 21.1 Å². The summed E-state index contributed by atoms with van der Waals surface area (Å²) >= 11 is 0. The van der Waals surface area contributed by atoms with E-state index in [0.29, 0.717) is 35.3 Å². The van der Waals surface area contributed by atoms with Crippen LogP contribution >= 0.6 is 0 Å². The molecule has 0 aromatic heterocycles. The summed E-state index contributed by atoms with van der Waals surface area (Å²) in [5.74, 6) is 10.2. The smallest absolute Gasteiger partial charge is 0.355 e. The summed E-state index contributed by atoms with van der Waals surface area (Å²) in [6, 6.07) is 0.741. The van der Waals surface area contributed by atoms with Crippen molar-refractivity contribution in [3.05, 3.63) is 23.0 Å². The average Bonchev–Trinajstić information content (AvgIpc) is 3.37. The van der Waals surface area contributed by atoms with Crippen molar-refractivity contribution >= 4 is 5.97 Å². The molecule has 0 aromatic rings. The fourth-order valence-electron chi connectivity index (χ4n) is 10.5. The first-order chi connectivity index (χ1) is 18.6. The number of allylic oxidation sites excluding steroid dienone is 1. The second-order valence-corrected chi connectivity index (χ2v) is 14.6. The molecule has 3 saturated carbocycles. The zero-order chi connectivity index (χ0) is 27.7. The minimum atomic E-state index is -0.525. The first-order valence-electron chi connectivity index (χ1n) is 15.7. The van der Waals surface area contributed by atoms with Crippen molar-refractivity contribution in [3.8, 4) is 0 Å². The van der Waals surface area contributed by atoms with Gasteiger partial charge >= 0.3 is 5.97 Å². The summed E-state index contributed by atoms with van der Waals surface area (Å²) in [5, 5.41) is 5.54. The number of hydrazine groups is 1. The van der Waals surface area contributed by atoms with Crippen molar-refractivity contribution in [2.45, 2.75) is 116 Å². The van der Waals surface area contributed by atoms with Crippen molar-refractivity contribution in [3.63, 3.8) is 0 Å². The summed E-state index contributed by atoms with van der Waals surface area (Å²) < 4.78 is 11.8. The number of ether oxygens (including phenoxy) is 2. The molecule has 6 rings (SSSR count). The molecule has 2 aliphatic heterocycles. The molecule has 0 aromatic carbocycles. The third-order valence-electron chi connectivity index (χ3n) is 12.7. The number of esters is 1. The van der Waals surface area contributed by atoms with Crippen LogP contribution in [0.1, 0.15) is 91.9 Å². The molecule has 7 nitrogen and oxygen atoms in total. The van der Waals surface area contributed by atoms with Crippen molar-refractivity contribution in [1.29, 1.82) is 0 Å². The Morgan fingerprint density at radius 1 is 1.18 bits per heavy atom. The molecule has 2 saturated heterocycles. The molecule has 2 heterocycles. The fourth-order valence-corrected chi connectivity index (χ4v) is 10.5. The van der Waals surface area contributed by atoms with Gasteiger partial charge in [-0.15, -0.1) is 0 Å². The van der Waals surface area contributed by atoms with Gasteiger partial charge in [0.1, 0.15) is 5.70 Å². The Balaban J connectivity index is 1.18. The van der Waals surface area contributed by atoms with Crippen LogP contribution in [0.2, 0.25) is 0 Å². The Hall–Kier alpha value is -1.57. The molecular formula is C32H52N4O3. The third kappa shape index (κ3) is 4.46. The largest absolute Gasteiger partial charge is 0.464 e. The average molecular weight is 541 g/mol. The van der Waals surface area contributed by atoms with Crippen LogP contribution < -0.4 is 16.9 Å². The second-order valence-electron chi connectivity index (χ2n) is 14.6. The lowest BCUT2D eigenvalue weighted by atomic mass is 9.52. The molecule has 6 aliphatic rings. The van der Waals surface area contributed by atoms with E-state index in [1.807, 2.05) is 0 Å². The minimum Gasteiger partial charge on any atom is -0.464 e. The molecule has 11 atom stereocenters. The Labute approximate surface area is 235 Å². The van der Waals surface area contributed by atoms with E-state index in [2.05, 4.69) is 33.0 Å². The quantitative estimate of drug-likeness (QED) is 0.158. The number of carbonyl (C=O) groups excluding carboxylic acids is 1. The number of hydrogen-bond acceptors (Lipinski definition) is 7. The van der Waals surface area contributed by atoms with Gasteiger partial charge in [-0.2, -0.15) is 0 Å². The number of rotatable bonds is 3. The standard InChI is InChI=1S/C32H52N4O3/c1-18-12-28-29(35-16-18)20(3)32(39-28)11-9-23-24-7-6-21-13-22(36(34)17-27(33)30(37)38-5)8-10-31(21,4)26(24)14-25(23)19(2)15-32/h17-18,20-24,26,28-29,35H,6-16,33-34H2,1-5H3/b27-17-/t18-,20+,21+,22-,23-,24-,26-,28+,29-,31-,32-/m0/s1. The van der Waals surface area contributed by atoms with Gasteiger partial charge in [0.05, 0.1) is 18.8 Å². The van der Waals surface area contributed by atoms with Crippen LogP contribution in [0.15, 0.2) is 23.0 Å². The number of fused-ring (bicyclic) bond motifs is 6. The van der Waals surface area contributed by atoms with Gasteiger partial charge in [-0.3, -0.25) is 0 Å². The van der Waals surface area contributed by atoms with Gasteiger partial charge in [0, 0.05) is 24.2 Å². The highest BCUT2D eigenvalue weighted by atomic mass is 16.5. The van der Waals surface area contributed by atoms with Crippen molar-refractivity contribution in [1.82, 2.24) is 10.3 Å². The first kappa shape index (κ1) is 27.6. The van der Waals surface area contributed by atoms with Crippen molar-refractivity contribution in [2.75, 3.05) is 13.7 Å². The number of carbonyl (C=O) groups is 1. The third-order valence-corrected chi connectivity index (χ3v) is 12.7. The molecule has 1 spiro atoms. The highest BCUT2D eigenvalue weighted by Crippen LogP contribution is 2.65. The van der Waals surface area contributed by atoms with Crippen LogP contribution in [0.5, 0.6) is 0 Å². The molecule has 5 N–H and O–H groups in total. The van der Waals surface area contributed by atoms with Gasteiger partial charge in [0.2, 0.25) is 0 Å². The van der Waals surface area contributed by atoms with Gasteiger partial charge in [-0.05, 0) is 113 Å². The van der Waals surface area contributed by atoms with Gasteiger partial charge < -0.3 is 25.5 Å². The molecule has 7 heteroatoms. The lowest BCUT2D eigenvalue weighted by molar-refractivity contribution is -0.136. The second kappa shape index (κ2) is 10.1. The Bertz CT molecular complexity index is 1040. The van der Waals surface area contributed by atoms with Gasteiger partial charge in [0.25, 0.3) is 0 Å². The van der Waals surface area contributed by atoms with Crippen LogP contribution in [0.25, 0.3) is 0 Å². The number of nitrogens with one attached hydrogen (secondary N) is 1. The van der Waals surface area contributed by atoms with Crippen LogP contribution in [0.3, 0.4) is 0 Å². The van der Waals surface area contributed by atoms with Gasteiger partial charge in [-0.1, -0.05) is 31.9 Å². The Morgan fingerprint density at radius 2 is 1.97 bits per heavy atom. The highest BCUT2D eigenvalue weighted by Gasteiger charge is 2.59. The van der Waals surface area contributed by atoms with E-state index in [9.17, 15) is 4.79 Å². The highest BCUT2D eigenvalue weighted by molar-refractivity contribution is 5.87. The number of piperidine rings is 1. The Kier molecular flexibility index (Phi) is 7.12.